The van der Waals surface area contributed by atoms with Gasteiger partial charge in [0.1, 0.15) is 5.76 Å². The van der Waals surface area contributed by atoms with E-state index in [9.17, 15) is 0 Å². The second kappa shape index (κ2) is 5.39. The van der Waals surface area contributed by atoms with Crippen molar-refractivity contribution in [1.82, 2.24) is 5.32 Å². The van der Waals surface area contributed by atoms with Crippen molar-refractivity contribution in [3.8, 4) is 6.07 Å². The number of furan rings is 1. The number of nitriles is 1. The summed E-state index contributed by atoms with van der Waals surface area (Å²) in [5.41, 5.74) is 0. The lowest BCUT2D eigenvalue weighted by atomic mass is 10.3. The Kier molecular flexibility index (Phi) is 3.96. The Morgan fingerprint density at radius 3 is 3.08 bits per heavy atom. The fourth-order valence-electron chi connectivity index (χ4n) is 0.936. The van der Waals surface area contributed by atoms with Crippen LogP contribution in [0, 0.1) is 11.3 Å². The third-order valence-corrected chi connectivity index (χ3v) is 1.54. The maximum atomic E-state index is 8.24. The summed E-state index contributed by atoms with van der Waals surface area (Å²) in [5, 5.41) is 11.4. The molecule has 0 amide bonds. The Hall–Kier alpha value is -1.27. The standard InChI is InChI=1S/C9H12N2O/c10-5-2-6-11-7-4-9-3-1-8-12-9/h1,3,8,11H,2,4,6-7H2. The predicted octanol–water partition coefficient (Wildman–Crippen LogP) is 1.33. The summed E-state index contributed by atoms with van der Waals surface area (Å²) in [6.45, 7) is 1.63. The monoisotopic (exact) mass is 164 g/mol. The first-order valence-corrected chi connectivity index (χ1v) is 4.03. The zero-order valence-electron chi connectivity index (χ0n) is 6.92. The molecule has 0 aliphatic rings. The second-order valence-corrected chi connectivity index (χ2v) is 2.49. The summed E-state index contributed by atoms with van der Waals surface area (Å²) >= 11 is 0. The van der Waals surface area contributed by atoms with Gasteiger partial charge in [0.15, 0.2) is 0 Å². The van der Waals surface area contributed by atoms with Crippen LogP contribution in [0.3, 0.4) is 0 Å². The van der Waals surface area contributed by atoms with E-state index in [2.05, 4.69) is 11.4 Å². The van der Waals surface area contributed by atoms with Crippen molar-refractivity contribution in [1.29, 1.82) is 5.26 Å². The SMILES string of the molecule is N#CCCNCCc1ccco1. The van der Waals surface area contributed by atoms with E-state index in [0.717, 1.165) is 25.3 Å². The van der Waals surface area contributed by atoms with Crippen molar-refractivity contribution >= 4 is 0 Å². The minimum Gasteiger partial charge on any atom is -0.469 e. The van der Waals surface area contributed by atoms with Crippen LogP contribution in [0.2, 0.25) is 0 Å². The van der Waals surface area contributed by atoms with Gasteiger partial charge in [0, 0.05) is 25.9 Å². The van der Waals surface area contributed by atoms with E-state index in [-0.39, 0.29) is 0 Å². The maximum absolute atomic E-state index is 8.24. The first kappa shape index (κ1) is 8.82. The van der Waals surface area contributed by atoms with Crippen molar-refractivity contribution in [2.75, 3.05) is 13.1 Å². The molecule has 1 heterocycles. The largest absolute Gasteiger partial charge is 0.469 e. The van der Waals surface area contributed by atoms with Crippen LogP contribution in [-0.2, 0) is 6.42 Å². The minimum absolute atomic E-state index is 0.568. The quantitative estimate of drug-likeness (QED) is 0.668. The molecule has 1 aromatic heterocycles. The average molecular weight is 164 g/mol. The van der Waals surface area contributed by atoms with Gasteiger partial charge in [0.25, 0.3) is 0 Å². The molecule has 64 valence electrons. The molecule has 0 aliphatic carbocycles. The molecule has 0 spiro atoms. The van der Waals surface area contributed by atoms with Crippen LogP contribution in [-0.4, -0.2) is 13.1 Å². The Labute approximate surface area is 72.0 Å². The van der Waals surface area contributed by atoms with Crippen molar-refractivity contribution in [2.45, 2.75) is 12.8 Å². The summed E-state index contributed by atoms with van der Waals surface area (Å²) in [5.74, 6) is 0.986. The lowest BCUT2D eigenvalue weighted by Gasteiger charge is -1.98. The van der Waals surface area contributed by atoms with E-state index in [1.54, 1.807) is 6.26 Å². The van der Waals surface area contributed by atoms with Gasteiger partial charge < -0.3 is 9.73 Å². The second-order valence-electron chi connectivity index (χ2n) is 2.49. The van der Waals surface area contributed by atoms with Gasteiger partial charge in [-0.1, -0.05) is 0 Å². The number of hydrogen-bond donors (Lipinski definition) is 1. The van der Waals surface area contributed by atoms with Crippen LogP contribution < -0.4 is 5.32 Å². The first-order valence-electron chi connectivity index (χ1n) is 4.03. The molecule has 0 bridgehead atoms. The van der Waals surface area contributed by atoms with Gasteiger partial charge in [-0.05, 0) is 12.1 Å². The summed E-state index contributed by atoms with van der Waals surface area (Å²) in [4.78, 5) is 0. The fraction of sp³-hybridized carbons (Fsp3) is 0.444. The lowest BCUT2D eigenvalue weighted by molar-refractivity contribution is 0.500. The number of nitrogens with one attached hydrogen (secondary N) is 1. The Balaban J connectivity index is 2.01. The van der Waals surface area contributed by atoms with Crippen LogP contribution in [0.5, 0.6) is 0 Å². The van der Waals surface area contributed by atoms with E-state index in [1.165, 1.54) is 0 Å². The normalized spacial score (nSPS) is 9.58. The van der Waals surface area contributed by atoms with Crippen molar-refractivity contribution in [2.24, 2.45) is 0 Å². The summed E-state index contributed by atoms with van der Waals surface area (Å²) in [7, 11) is 0. The molecule has 12 heavy (non-hydrogen) atoms. The number of nitrogens with zero attached hydrogens (tertiary/aromatic N) is 1. The molecular formula is C9H12N2O. The summed E-state index contributed by atoms with van der Waals surface area (Å²) in [6.07, 6.45) is 3.13. The number of hydrogen-bond acceptors (Lipinski definition) is 3. The molecule has 0 saturated heterocycles. The fourth-order valence-corrected chi connectivity index (χ4v) is 0.936. The van der Waals surface area contributed by atoms with Crippen molar-refractivity contribution in [3.05, 3.63) is 24.2 Å². The average Bonchev–Trinajstić information content (AvgIpc) is 2.57. The van der Waals surface area contributed by atoms with Crippen LogP contribution >= 0.6 is 0 Å². The zero-order valence-corrected chi connectivity index (χ0v) is 6.92. The molecule has 0 aromatic carbocycles. The molecule has 0 fully saturated rings. The molecule has 0 radical (unpaired) electrons. The van der Waals surface area contributed by atoms with Crippen molar-refractivity contribution in [3.63, 3.8) is 0 Å². The molecule has 3 nitrogen and oxygen atoms in total. The van der Waals surface area contributed by atoms with Gasteiger partial charge in [0.05, 0.1) is 12.3 Å². The highest BCUT2D eigenvalue weighted by molar-refractivity contribution is 4.98. The highest BCUT2D eigenvalue weighted by Crippen LogP contribution is 1.99. The lowest BCUT2D eigenvalue weighted by Crippen LogP contribution is -2.17. The van der Waals surface area contributed by atoms with E-state index in [0.29, 0.717) is 6.42 Å². The molecule has 0 aliphatic heterocycles. The first-order chi connectivity index (χ1) is 5.93. The van der Waals surface area contributed by atoms with Crippen LogP contribution in [0.4, 0.5) is 0 Å². The molecule has 0 saturated carbocycles. The summed E-state index contributed by atoms with van der Waals surface area (Å²) < 4.78 is 5.14. The van der Waals surface area contributed by atoms with Crippen LogP contribution in [0.15, 0.2) is 22.8 Å². The van der Waals surface area contributed by atoms with Gasteiger partial charge in [-0.15, -0.1) is 0 Å². The highest BCUT2D eigenvalue weighted by atomic mass is 16.3. The molecule has 0 unspecified atom stereocenters. The van der Waals surface area contributed by atoms with Crippen LogP contribution in [0.1, 0.15) is 12.2 Å². The third kappa shape index (κ3) is 3.22. The van der Waals surface area contributed by atoms with E-state index >= 15 is 0 Å². The Morgan fingerprint density at radius 1 is 1.50 bits per heavy atom. The molecular weight excluding hydrogens is 152 g/mol. The minimum atomic E-state index is 0.568. The van der Waals surface area contributed by atoms with E-state index < -0.39 is 0 Å². The van der Waals surface area contributed by atoms with Gasteiger partial charge in [-0.2, -0.15) is 5.26 Å². The van der Waals surface area contributed by atoms with Crippen molar-refractivity contribution < 1.29 is 4.42 Å². The van der Waals surface area contributed by atoms with Gasteiger partial charge in [-0.3, -0.25) is 0 Å². The van der Waals surface area contributed by atoms with E-state index in [4.69, 9.17) is 9.68 Å². The molecule has 1 N–H and O–H groups in total. The maximum Gasteiger partial charge on any atom is 0.105 e. The van der Waals surface area contributed by atoms with Gasteiger partial charge >= 0.3 is 0 Å². The zero-order chi connectivity index (χ0) is 8.65. The highest BCUT2D eigenvalue weighted by Gasteiger charge is 1.93. The van der Waals surface area contributed by atoms with Gasteiger partial charge in [-0.25, -0.2) is 0 Å². The summed E-state index contributed by atoms with van der Waals surface area (Å²) in [6, 6.07) is 5.91. The third-order valence-electron chi connectivity index (χ3n) is 1.54. The number of rotatable bonds is 5. The molecule has 3 heteroatoms. The van der Waals surface area contributed by atoms with Crippen LogP contribution in [0.25, 0.3) is 0 Å². The van der Waals surface area contributed by atoms with Gasteiger partial charge in [0.2, 0.25) is 0 Å². The van der Waals surface area contributed by atoms with E-state index in [1.807, 2.05) is 12.1 Å². The predicted molar refractivity (Wildman–Crippen MR) is 45.5 cm³/mol. The molecule has 1 aromatic rings. The Morgan fingerprint density at radius 2 is 2.42 bits per heavy atom. The molecule has 0 atom stereocenters. The molecule has 1 rings (SSSR count). The Bertz CT molecular complexity index is 236. The smallest absolute Gasteiger partial charge is 0.105 e. The topological polar surface area (TPSA) is 49.0 Å².